The van der Waals surface area contributed by atoms with Crippen molar-refractivity contribution in [3.8, 4) is 0 Å². The summed E-state index contributed by atoms with van der Waals surface area (Å²) in [7, 11) is 0. The van der Waals surface area contributed by atoms with Gasteiger partial charge in [0.25, 0.3) is 0 Å². The van der Waals surface area contributed by atoms with Crippen LogP contribution in [0.1, 0.15) is 71.1 Å². The van der Waals surface area contributed by atoms with E-state index in [4.69, 9.17) is 0 Å². The molecule has 0 aliphatic carbocycles. The number of hydrogen-bond acceptors (Lipinski definition) is 1. The molecule has 2 nitrogen and oxygen atoms in total. The minimum Gasteiger partial charge on any atom is -0.355 e. The van der Waals surface area contributed by atoms with E-state index in [2.05, 4.69) is 34.8 Å². The number of carbonyl (C=O) groups is 1. The molecule has 1 N–H and O–H groups in total. The highest BCUT2D eigenvalue weighted by atomic mass is 127. The molecule has 0 heterocycles. The third kappa shape index (κ3) is 14.1. The van der Waals surface area contributed by atoms with Crippen molar-refractivity contribution < 1.29 is 4.79 Å². The third-order valence-electron chi connectivity index (χ3n) is 2.92. The lowest BCUT2D eigenvalue weighted by molar-refractivity contribution is -0.121. The fourth-order valence-electron chi connectivity index (χ4n) is 1.87. The molecule has 0 bridgehead atoms. The van der Waals surface area contributed by atoms with E-state index in [0.29, 0.717) is 6.42 Å². The average Bonchev–Trinajstić information content (AvgIpc) is 2.34. The fraction of sp³-hybridized carbons (Fsp3) is 0.929. The summed E-state index contributed by atoms with van der Waals surface area (Å²) >= 11 is 2.28. The smallest absolute Gasteiger partial charge is 0.220 e. The first-order valence-corrected chi connectivity index (χ1v) is 8.66. The average molecular weight is 353 g/mol. The Balaban J connectivity index is 3.05. The molecule has 0 aromatic carbocycles. The van der Waals surface area contributed by atoms with Crippen molar-refractivity contribution in [2.24, 2.45) is 0 Å². The quantitative estimate of drug-likeness (QED) is 0.313. The van der Waals surface area contributed by atoms with Gasteiger partial charge in [0.2, 0.25) is 5.91 Å². The SMILES string of the molecule is CCCCCCCCCCCC(=O)NCCI. The number of hydrogen-bond donors (Lipinski definition) is 1. The van der Waals surface area contributed by atoms with Gasteiger partial charge in [0.05, 0.1) is 0 Å². The number of rotatable bonds is 12. The second-order valence-electron chi connectivity index (χ2n) is 4.62. The van der Waals surface area contributed by atoms with Crippen LogP contribution in [0.15, 0.2) is 0 Å². The molecule has 0 aromatic rings. The van der Waals surface area contributed by atoms with Crippen molar-refractivity contribution in [2.75, 3.05) is 11.0 Å². The Bertz CT molecular complexity index is 174. The van der Waals surface area contributed by atoms with Crippen molar-refractivity contribution in [1.82, 2.24) is 5.32 Å². The van der Waals surface area contributed by atoms with Gasteiger partial charge in [0.15, 0.2) is 0 Å². The van der Waals surface area contributed by atoms with E-state index in [-0.39, 0.29) is 5.91 Å². The van der Waals surface area contributed by atoms with Crippen LogP contribution in [-0.2, 0) is 4.79 Å². The van der Waals surface area contributed by atoms with Crippen molar-refractivity contribution in [2.45, 2.75) is 71.1 Å². The first-order valence-electron chi connectivity index (χ1n) is 7.14. The summed E-state index contributed by atoms with van der Waals surface area (Å²) < 4.78 is 1.00. The Morgan fingerprint density at radius 2 is 1.47 bits per heavy atom. The second kappa shape index (κ2) is 14.3. The third-order valence-corrected chi connectivity index (χ3v) is 3.46. The predicted octanol–water partition coefficient (Wildman–Crippen LogP) is 4.46. The maximum absolute atomic E-state index is 11.3. The van der Waals surface area contributed by atoms with Gasteiger partial charge in [-0.25, -0.2) is 0 Å². The Kier molecular flexibility index (Phi) is 14.4. The predicted molar refractivity (Wildman–Crippen MR) is 83.7 cm³/mol. The molecule has 102 valence electrons. The molecule has 0 radical (unpaired) electrons. The standard InChI is InChI=1S/C14H28INO/c1-2-3-4-5-6-7-8-9-10-11-14(17)16-13-12-15/h2-13H2,1H3,(H,16,17). The van der Waals surface area contributed by atoms with Crippen molar-refractivity contribution in [3.63, 3.8) is 0 Å². The Morgan fingerprint density at radius 3 is 2.00 bits per heavy atom. The molecule has 0 atom stereocenters. The molecule has 17 heavy (non-hydrogen) atoms. The van der Waals surface area contributed by atoms with Crippen LogP contribution in [0.5, 0.6) is 0 Å². The Labute approximate surface area is 120 Å². The van der Waals surface area contributed by atoms with Gasteiger partial charge in [-0.15, -0.1) is 0 Å². The van der Waals surface area contributed by atoms with Crippen LogP contribution >= 0.6 is 22.6 Å². The monoisotopic (exact) mass is 353 g/mol. The molecule has 3 heteroatoms. The molecular formula is C14H28INO. The highest BCUT2D eigenvalue weighted by Crippen LogP contribution is 2.10. The molecule has 0 unspecified atom stereocenters. The summed E-state index contributed by atoms with van der Waals surface area (Å²) in [5.74, 6) is 0.226. The zero-order valence-electron chi connectivity index (χ0n) is 11.3. The van der Waals surface area contributed by atoms with Gasteiger partial charge in [0.1, 0.15) is 0 Å². The normalized spacial score (nSPS) is 10.5. The minimum atomic E-state index is 0.226. The molecule has 0 aromatic heterocycles. The molecule has 0 spiro atoms. The van der Waals surface area contributed by atoms with E-state index in [0.717, 1.165) is 17.4 Å². The van der Waals surface area contributed by atoms with E-state index in [9.17, 15) is 4.79 Å². The zero-order valence-corrected chi connectivity index (χ0v) is 13.4. The van der Waals surface area contributed by atoms with Gasteiger partial charge in [-0.05, 0) is 6.42 Å². The number of halogens is 1. The van der Waals surface area contributed by atoms with Crippen LogP contribution in [0.3, 0.4) is 0 Å². The van der Waals surface area contributed by atoms with Gasteiger partial charge < -0.3 is 5.32 Å². The number of carbonyl (C=O) groups excluding carboxylic acids is 1. The minimum absolute atomic E-state index is 0.226. The molecule has 0 saturated heterocycles. The lowest BCUT2D eigenvalue weighted by atomic mass is 10.1. The maximum Gasteiger partial charge on any atom is 0.220 e. The molecule has 0 aliphatic heterocycles. The van der Waals surface area contributed by atoms with Crippen LogP contribution < -0.4 is 5.32 Å². The number of unbranched alkanes of at least 4 members (excludes halogenated alkanes) is 8. The van der Waals surface area contributed by atoms with Crippen molar-refractivity contribution in [3.05, 3.63) is 0 Å². The molecule has 0 rings (SSSR count). The fourth-order valence-corrected chi connectivity index (χ4v) is 2.14. The van der Waals surface area contributed by atoms with Crippen molar-refractivity contribution >= 4 is 28.5 Å². The highest BCUT2D eigenvalue weighted by molar-refractivity contribution is 14.1. The van der Waals surface area contributed by atoms with Gasteiger partial charge in [0, 0.05) is 17.4 Å². The van der Waals surface area contributed by atoms with Crippen LogP contribution in [-0.4, -0.2) is 16.9 Å². The van der Waals surface area contributed by atoms with Gasteiger partial charge in [-0.2, -0.15) is 0 Å². The van der Waals surface area contributed by atoms with E-state index in [1.807, 2.05) is 0 Å². The molecular weight excluding hydrogens is 325 g/mol. The Hall–Kier alpha value is 0.200. The summed E-state index contributed by atoms with van der Waals surface area (Å²) in [5.41, 5.74) is 0. The van der Waals surface area contributed by atoms with Crippen LogP contribution in [0, 0.1) is 0 Å². The summed E-state index contributed by atoms with van der Waals surface area (Å²) in [5, 5.41) is 2.91. The molecule has 0 aliphatic rings. The first kappa shape index (κ1) is 17.2. The van der Waals surface area contributed by atoms with Gasteiger partial charge in [-0.3, -0.25) is 4.79 Å². The lowest BCUT2D eigenvalue weighted by Crippen LogP contribution is -2.24. The highest BCUT2D eigenvalue weighted by Gasteiger charge is 1.99. The number of nitrogens with one attached hydrogen (secondary N) is 1. The Morgan fingerprint density at radius 1 is 0.941 bits per heavy atom. The summed E-state index contributed by atoms with van der Waals surface area (Å²) in [6.07, 6.45) is 12.5. The molecule has 0 fully saturated rings. The van der Waals surface area contributed by atoms with Gasteiger partial charge in [-0.1, -0.05) is 80.9 Å². The zero-order chi connectivity index (χ0) is 12.8. The van der Waals surface area contributed by atoms with E-state index in [1.54, 1.807) is 0 Å². The van der Waals surface area contributed by atoms with Gasteiger partial charge >= 0.3 is 0 Å². The largest absolute Gasteiger partial charge is 0.355 e. The van der Waals surface area contributed by atoms with Crippen LogP contribution in [0.4, 0.5) is 0 Å². The number of amides is 1. The number of alkyl halides is 1. The summed E-state index contributed by atoms with van der Waals surface area (Å²) in [6.45, 7) is 3.07. The lowest BCUT2D eigenvalue weighted by Gasteiger charge is -2.03. The molecule has 1 amide bonds. The summed E-state index contributed by atoms with van der Waals surface area (Å²) in [4.78, 5) is 11.3. The first-order chi connectivity index (χ1) is 8.31. The summed E-state index contributed by atoms with van der Waals surface area (Å²) in [6, 6.07) is 0. The van der Waals surface area contributed by atoms with Crippen LogP contribution in [0.25, 0.3) is 0 Å². The van der Waals surface area contributed by atoms with E-state index in [1.165, 1.54) is 51.4 Å². The topological polar surface area (TPSA) is 29.1 Å². The van der Waals surface area contributed by atoms with E-state index >= 15 is 0 Å². The van der Waals surface area contributed by atoms with Crippen molar-refractivity contribution in [1.29, 1.82) is 0 Å². The molecule has 0 saturated carbocycles. The second-order valence-corrected chi connectivity index (χ2v) is 5.70. The van der Waals surface area contributed by atoms with Crippen LogP contribution in [0.2, 0.25) is 0 Å². The van der Waals surface area contributed by atoms with E-state index < -0.39 is 0 Å². The maximum atomic E-state index is 11.3.